The van der Waals surface area contributed by atoms with Crippen LogP contribution >= 0.6 is 11.8 Å². The number of thioether (sulfide) groups is 1. The average Bonchev–Trinajstić information content (AvgIpc) is 2.99. The second kappa shape index (κ2) is 18.2. The summed E-state index contributed by atoms with van der Waals surface area (Å²) in [4.78, 5) is 25.3. The smallest absolute Gasteiger partial charge is 1.00 e. The number of carboxylic acid groups (broad SMARTS) is 1. The average molecular weight is 588 g/mol. The van der Waals surface area contributed by atoms with Gasteiger partial charge in [-0.25, -0.2) is 4.79 Å². The first-order valence-electron chi connectivity index (χ1n) is 15.8. The molecule has 7 heteroatoms. The molecule has 5 nitrogen and oxygen atoms in total. The minimum atomic E-state index is -1.00. The van der Waals surface area contributed by atoms with Gasteiger partial charge in [-0.15, -0.1) is 0 Å². The van der Waals surface area contributed by atoms with Crippen LogP contribution in [0.15, 0.2) is 42.5 Å². The monoisotopic (exact) mass is 587 g/mol. The fourth-order valence-electron chi connectivity index (χ4n) is 6.74. The Bertz CT molecular complexity index is 1120. The van der Waals surface area contributed by atoms with Crippen LogP contribution in [0.3, 0.4) is 0 Å². The largest absolute Gasteiger partial charge is 1.00 e. The Kier molecular flexibility index (Phi) is 15.1. The van der Waals surface area contributed by atoms with Crippen LogP contribution in [0.4, 0.5) is 0 Å². The van der Waals surface area contributed by atoms with Crippen LogP contribution < -0.4 is 24.2 Å². The molecule has 2 saturated carbocycles. The van der Waals surface area contributed by atoms with E-state index in [2.05, 4.69) is 11.4 Å². The van der Waals surface area contributed by atoms with Crippen molar-refractivity contribution >= 4 is 23.6 Å². The van der Waals surface area contributed by atoms with E-state index in [-0.39, 0.29) is 32.3 Å². The molecular weight excluding hydrogens is 537 g/mol. The number of hydrogen-bond donors (Lipinski definition) is 2. The first kappa shape index (κ1) is 34.8. The molecule has 2 aromatic carbocycles. The molecule has 0 heterocycles. The Balaban J connectivity index is 0.00000323. The van der Waals surface area contributed by atoms with Gasteiger partial charge in [-0.3, -0.25) is 4.79 Å². The molecule has 0 spiro atoms. The third-order valence-electron chi connectivity index (χ3n) is 9.11. The van der Waals surface area contributed by atoms with Crippen molar-refractivity contribution in [3.05, 3.63) is 59.2 Å². The molecule has 0 aliphatic heterocycles. The van der Waals surface area contributed by atoms with Gasteiger partial charge in [0.2, 0.25) is 0 Å². The second-order valence-electron chi connectivity index (χ2n) is 12.3. The normalized spacial score (nSPS) is 17.0. The van der Waals surface area contributed by atoms with Gasteiger partial charge in [-0.1, -0.05) is 94.5 Å². The van der Waals surface area contributed by atoms with Gasteiger partial charge in [-0.05, 0) is 84.4 Å². The molecule has 42 heavy (non-hydrogen) atoms. The Hall–Kier alpha value is -1.71. The molecule has 2 N–H and O–H groups in total. The predicted molar refractivity (Wildman–Crippen MR) is 171 cm³/mol. The summed E-state index contributed by atoms with van der Waals surface area (Å²) in [6.45, 7) is 2.57. The van der Waals surface area contributed by atoms with Crippen molar-refractivity contribution in [2.24, 2.45) is 11.8 Å². The first-order chi connectivity index (χ1) is 19.9. The number of amides is 1. The van der Waals surface area contributed by atoms with Gasteiger partial charge in [0, 0.05) is 5.56 Å². The van der Waals surface area contributed by atoms with Crippen LogP contribution in [0, 0.1) is 18.8 Å². The molecule has 0 radical (unpaired) electrons. The van der Waals surface area contributed by atoms with E-state index >= 15 is 0 Å². The van der Waals surface area contributed by atoms with Crippen molar-refractivity contribution in [1.82, 2.24) is 5.32 Å². The fraction of sp³-hybridized carbons (Fsp3) is 0.600. The summed E-state index contributed by atoms with van der Waals surface area (Å²) in [6.07, 6.45) is 18.4. The Labute approximate surface area is 271 Å². The van der Waals surface area contributed by atoms with Crippen LogP contribution in [0.5, 0.6) is 0 Å². The fourth-order valence-corrected chi connectivity index (χ4v) is 7.21. The van der Waals surface area contributed by atoms with E-state index in [1.54, 1.807) is 11.8 Å². The standard InChI is InChI=1S/C35H49NO4S.Li.H/c1-25-11-9-10-16-30(25)32-23-28(17-18-31(32)34(37)36-33(35(38)39)19-20-41-2)24-40-29(21-26-12-5-3-6-13-26)22-27-14-7-4-8-15-27;;/h9-11,16-18,23,26-27,29,33H,3-8,12-15,19-22,24H2,1-2H3,(H,36,37)(H,38,39);;/q;+1;-1/t33-;;/m0../s1. The van der Waals surface area contributed by atoms with Crippen LogP contribution in [0.25, 0.3) is 11.1 Å². The molecule has 2 aliphatic carbocycles. The van der Waals surface area contributed by atoms with Crippen molar-refractivity contribution in [2.75, 3.05) is 12.0 Å². The molecule has 1 amide bonds. The van der Waals surface area contributed by atoms with Crippen LogP contribution in [-0.4, -0.2) is 41.1 Å². The third kappa shape index (κ3) is 10.5. The molecule has 2 aromatic rings. The summed E-state index contributed by atoms with van der Waals surface area (Å²) in [6, 6.07) is 13.0. The number of carbonyl (C=O) groups excluding carboxylic acids is 1. The number of rotatable bonds is 14. The zero-order chi connectivity index (χ0) is 29.0. The number of benzene rings is 2. The number of aryl methyl sites for hydroxylation is 1. The number of carbonyl (C=O) groups is 2. The molecule has 0 saturated heterocycles. The number of aliphatic carboxylic acids is 1. The van der Waals surface area contributed by atoms with Crippen LogP contribution in [-0.2, 0) is 16.1 Å². The van der Waals surface area contributed by atoms with Gasteiger partial charge in [0.1, 0.15) is 6.04 Å². The van der Waals surface area contributed by atoms with E-state index in [1.807, 2.05) is 49.6 Å². The maximum Gasteiger partial charge on any atom is 1.00 e. The van der Waals surface area contributed by atoms with Crippen molar-refractivity contribution in [2.45, 2.75) is 109 Å². The maximum atomic E-state index is 13.4. The minimum absolute atomic E-state index is 0. The second-order valence-corrected chi connectivity index (χ2v) is 13.2. The van der Waals surface area contributed by atoms with E-state index in [4.69, 9.17) is 4.74 Å². The summed E-state index contributed by atoms with van der Waals surface area (Å²) >= 11 is 1.57. The quantitative estimate of drug-likeness (QED) is 0.284. The number of hydrogen-bond acceptors (Lipinski definition) is 4. The van der Waals surface area contributed by atoms with E-state index in [9.17, 15) is 14.7 Å². The zero-order valence-corrected chi connectivity index (χ0v) is 26.9. The topological polar surface area (TPSA) is 75.6 Å². The van der Waals surface area contributed by atoms with Gasteiger partial charge < -0.3 is 16.6 Å². The third-order valence-corrected chi connectivity index (χ3v) is 9.75. The van der Waals surface area contributed by atoms with E-state index in [1.165, 1.54) is 64.2 Å². The Morgan fingerprint density at radius 3 is 2.14 bits per heavy atom. The van der Waals surface area contributed by atoms with E-state index in [0.29, 0.717) is 24.3 Å². The number of nitrogens with one attached hydrogen (secondary N) is 1. The van der Waals surface area contributed by atoms with Crippen molar-refractivity contribution in [3.8, 4) is 11.1 Å². The maximum absolute atomic E-state index is 13.4. The molecule has 226 valence electrons. The Morgan fingerprint density at radius 2 is 1.57 bits per heavy atom. The number of carboxylic acids is 1. The van der Waals surface area contributed by atoms with E-state index < -0.39 is 12.0 Å². The summed E-state index contributed by atoms with van der Waals surface area (Å²) < 4.78 is 6.71. The van der Waals surface area contributed by atoms with Gasteiger partial charge in [0.05, 0.1) is 12.7 Å². The van der Waals surface area contributed by atoms with Gasteiger partial charge in [0.15, 0.2) is 0 Å². The molecule has 2 fully saturated rings. The molecule has 0 bridgehead atoms. The molecule has 0 unspecified atom stereocenters. The van der Waals surface area contributed by atoms with Gasteiger partial charge >= 0.3 is 24.8 Å². The van der Waals surface area contributed by atoms with E-state index in [0.717, 1.165) is 46.9 Å². The van der Waals surface area contributed by atoms with Gasteiger partial charge in [0.25, 0.3) is 5.91 Å². The zero-order valence-electron chi connectivity index (χ0n) is 27.0. The van der Waals surface area contributed by atoms with Crippen molar-refractivity contribution < 1.29 is 39.7 Å². The first-order valence-corrected chi connectivity index (χ1v) is 17.2. The Morgan fingerprint density at radius 1 is 0.952 bits per heavy atom. The number of ether oxygens (including phenoxy) is 1. The SMILES string of the molecule is CSCC[C@H](NC(=O)c1ccc(COC(CC2CCCCC2)CC2CCCCC2)cc1-c1ccccc1C)C(=O)O.[H-].[Li+]. The minimum Gasteiger partial charge on any atom is -1.00 e. The van der Waals surface area contributed by atoms with Crippen molar-refractivity contribution in [3.63, 3.8) is 0 Å². The summed E-state index contributed by atoms with van der Waals surface area (Å²) in [5, 5.41) is 12.5. The molecular formula is C35H50LiNO4S. The van der Waals surface area contributed by atoms with Crippen LogP contribution in [0.1, 0.15) is 106 Å². The molecule has 1 atom stereocenters. The predicted octanol–water partition coefficient (Wildman–Crippen LogP) is 5.54. The summed E-state index contributed by atoms with van der Waals surface area (Å²) in [5.74, 6) is 0.869. The molecule has 2 aliphatic rings. The summed E-state index contributed by atoms with van der Waals surface area (Å²) in [7, 11) is 0. The van der Waals surface area contributed by atoms with Crippen LogP contribution in [0.2, 0.25) is 0 Å². The molecule has 0 aromatic heterocycles. The molecule has 4 rings (SSSR count). The van der Waals surface area contributed by atoms with Gasteiger partial charge in [-0.2, -0.15) is 11.8 Å². The van der Waals surface area contributed by atoms with Crippen molar-refractivity contribution in [1.29, 1.82) is 0 Å². The summed E-state index contributed by atoms with van der Waals surface area (Å²) in [5.41, 5.74) is 4.43.